The predicted molar refractivity (Wildman–Crippen MR) is 70.7 cm³/mol. The van der Waals surface area contributed by atoms with Crippen LogP contribution >= 0.6 is 11.6 Å². The Bertz CT molecular complexity index is 507. The average molecular weight is 285 g/mol. The summed E-state index contributed by atoms with van der Waals surface area (Å²) in [4.78, 5) is 20.6. The van der Waals surface area contributed by atoms with E-state index in [4.69, 9.17) is 21.1 Å². The van der Waals surface area contributed by atoms with Crippen LogP contribution in [-0.2, 0) is 4.74 Å². The Kier molecular flexibility index (Phi) is 3.67. The molecule has 0 bridgehead atoms. The Hall–Kier alpha value is -1.36. The Labute approximate surface area is 117 Å². The second kappa shape index (κ2) is 4.96. The van der Waals surface area contributed by atoms with Crippen LogP contribution in [0.15, 0.2) is 0 Å². The molecule has 0 atom stereocenters. The molecule has 0 amide bonds. The van der Waals surface area contributed by atoms with Crippen LogP contribution in [0.25, 0.3) is 0 Å². The summed E-state index contributed by atoms with van der Waals surface area (Å²) in [6.07, 6.45) is 2.05. The fourth-order valence-electron chi connectivity index (χ4n) is 1.61. The van der Waals surface area contributed by atoms with Crippen LogP contribution in [0.5, 0.6) is 5.75 Å². The zero-order valence-electron chi connectivity index (χ0n) is 11.5. The molecule has 2 rings (SSSR count). The summed E-state index contributed by atoms with van der Waals surface area (Å²) in [6.45, 7) is 5.38. The van der Waals surface area contributed by atoms with Gasteiger partial charge >= 0.3 is 5.97 Å². The highest BCUT2D eigenvalue weighted by atomic mass is 35.5. The van der Waals surface area contributed by atoms with Crippen molar-refractivity contribution in [3.63, 3.8) is 0 Å². The lowest BCUT2D eigenvalue weighted by molar-refractivity contribution is 0.00589. The third-order valence-electron chi connectivity index (χ3n) is 2.58. The Morgan fingerprint density at radius 3 is 2.42 bits per heavy atom. The van der Waals surface area contributed by atoms with Gasteiger partial charge in [-0.2, -0.15) is 0 Å². The fourth-order valence-corrected chi connectivity index (χ4v) is 1.86. The second-order valence-electron chi connectivity index (χ2n) is 5.53. The molecule has 5 nitrogen and oxygen atoms in total. The quantitative estimate of drug-likeness (QED) is 0.631. The Morgan fingerprint density at radius 1 is 1.32 bits per heavy atom. The Morgan fingerprint density at radius 2 is 1.95 bits per heavy atom. The largest absolute Gasteiger partial charge is 0.491 e. The molecule has 1 aliphatic rings. The third-order valence-corrected chi connectivity index (χ3v) is 2.84. The number of esters is 1. The van der Waals surface area contributed by atoms with Crippen LogP contribution < -0.4 is 4.74 Å². The molecular weight excluding hydrogens is 268 g/mol. The van der Waals surface area contributed by atoms with Gasteiger partial charge in [-0.05, 0) is 33.6 Å². The molecule has 6 heteroatoms. The highest BCUT2D eigenvalue weighted by molar-refractivity contribution is 6.31. The van der Waals surface area contributed by atoms with Crippen molar-refractivity contribution in [3.05, 3.63) is 16.7 Å². The maximum Gasteiger partial charge on any atom is 0.361 e. The average Bonchev–Trinajstić information content (AvgIpc) is 3.09. The lowest BCUT2D eigenvalue weighted by Gasteiger charge is -2.20. The van der Waals surface area contributed by atoms with Crippen molar-refractivity contribution in [1.82, 2.24) is 9.97 Å². The number of carbonyl (C=O) groups excluding carboxylic acids is 1. The van der Waals surface area contributed by atoms with Crippen LogP contribution in [0.2, 0.25) is 5.15 Å². The number of hydrogen-bond acceptors (Lipinski definition) is 5. The number of methoxy groups -OCH3 is 1. The minimum absolute atomic E-state index is 0.0966. The number of carbonyl (C=O) groups is 1. The van der Waals surface area contributed by atoms with E-state index in [0.29, 0.717) is 11.7 Å². The van der Waals surface area contributed by atoms with E-state index in [-0.39, 0.29) is 16.6 Å². The number of hydrogen-bond donors (Lipinski definition) is 0. The fraction of sp³-hybridized carbons (Fsp3) is 0.615. The van der Waals surface area contributed by atoms with Gasteiger partial charge < -0.3 is 9.47 Å². The zero-order valence-corrected chi connectivity index (χ0v) is 12.2. The second-order valence-corrected chi connectivity index (χ2v) is 5.89. The van der Waals surface area contributed by atoms with E-state index in [0.717, 1.165) is 12.8 Å². The van der Waals surface area contributed by atoms with Gasteiger partial charge in [0.1, 0.15) is 11.4 Å². The van der Waals surface area contributed by atoms with Crippen LogP contribution in [0.4, 0.5) is 0 Å². The normalized spacial score (nSPS) is 15.2. The monoisotopic (exact) mass is 284 g/mol. The van der Waals surface area contributed by atoms with Crippen molar-refractivity contribution >= 4 is 17.6 Å². The number of halogens is 1. The van der Waals surface area contributed by atoms with Crippen LogP contribution in [0.1, 0.15) is 55.8 Å². The molecule has 0 unspecified atom stereocenters. The minimum Gasteiger partial charge on any atom is -0.491 e. The molecule has 19 heavy (non-hydrogen) atoms. The lowest BCUT2D eigenvalue weighted by Crippen LogP contribution is -2.25. The van der Waals surface area contributed by atoms with Crippen LogP contribution in [0.3, 0.4) is 0 Å². The zero-order chi connectivity index (χ0) is 14.2. The number of aromatic nitrogens is 2. The summed E-state index contributed by atoms with van der Waals surface area (Å²) >= 11 is 6.04. The van der Waals surface area contributed by atoms with Crippen molar-refractivity contribution in [2.45, 2.75) is 45.1 Å². The highest BCUT2D eigenvalue weighted by Gasteiger charge is 2.31. The number of rotatable bonds is 3. The standard InChI is InChI=1S/C13H17ClN2O3/c1-13(2,3)19-12(17)8-9(18-4)10(14)16-11(15-8)7-5-6-7/h7H,5-6H2,1-4H3. The van der Waals surface area contributed by atoms with E-state index in [1.165, 1.54) is 7.11 Å². The van der Waals surface area contributed by atoms with Gasteiger partial charge in [0, 0.05) is 5.92 Å². The van der Waals surface area contributed by atoms with Crippen molar-refractivity contribution in [3.8, 4) is 5.75 Å². The van der Waals surface area contributed by atoms with E-state index in [9.17, 15) is 4.79 Å². The first kappa shape index (κ1) is 14.1. The van der Waals surface area contributed by atoms with Crippen LogP contribution in [0, 0.1) is 0 Å². The van der Waals surface area contributed by atoms with E-state index >= 15 is 0 Å². The van der Waals surface area contributed by atoms with Gasteiger partial charge in [0.05, 0.1) is 7.11 Å². The molecule has 0 radical (unpaired) electrons. The summed E-state index contributed by atoms with van der Waals surface area (Å²) in [5, 5.41) is 0.153. The molecule has 1 aromatic heterocycles. The smallest absolute Gasteiger partial charge is 0.361 e. The molecule has 1 saturated carbocycles. The van der Waals surface area contributed by atoms with Crippen molar-refractivity contribution in [2.24, 2.45) is 0 Å². The minimum atomic E-state index is -0.598. The van der Waals surface area contributed by atoms with Gasteiger partial charge in [-0.15, -0.1) is 0 Å². The molecule has 104 valence electrons. The first-order valence-electron chi connectivity index (χ1n) is 6.16. The molecule has 1 heterocycles. The first-order chi connectivity index (χ1) is 8.81. The van der Waals surface area contributed by atoms with Crippen molar-refractivity contribution in [1.29, 1.82) is 0 Å². The van der Waals surface area contributed by atoms with Crippen LogP contribution in [-0.4, -0.2) is 28.6 Å². The van der Waals surface area contributed by atoms with E-state index in [1.54, 1.807) is 20.8 Å². The lowest BCUT2D eigenvalue weighted by atomic mass is 10.2. The molecule has 1 aromatic rings. The van der Waals surface area contributed by atoms with Gasteiger partial charge in [0.25, 0.3) is 0 Å². The molecule has 0 spiro atoms. The predicted octanol–water partition coefficient (Wildman–Crippen LogP) is 2.97. The number of nitrogens with zero attached hydrogens (tertiary/aromatic N) is 2. The molecule has 1 aliphatic carbocycles. The summed E-state index contributed by atoms with van der Waals surface area (Å²) in [5.41, 5.74) is -0.501. The highest BCUT2D eigenvalue weighted by Crippen LogP contribution is 2.40. The van der Waals surface area contributed by atoms with Gasteiger partial charge in [-0.3, -0.25) is 0 Å². The molecule has 0 aromatic carbocycles. The van der Waals surface area contributed by atoms with Gasteiger partial charge in [0.15, 0.2) is 16.6 Å². The van der Waals surface area contributed by atoms with Crippen molar-refractivity contribution < 1.29 is 14.3 Å². The van der Waals surface area contributed by atoms with Crippen molar-refractivity contribution in [2.75, 3.05) is 7.11 Å². The van der Waals surface area contributed by atoms with Gasteiger partial charge in [-0.1, -0.05) is 11.6 Å². The summed E-state index contributed by atoms with van der Waals surface area (Å²) in [7, 11) is 1.43. The van der Waals surface area contributed by atoms with E-state index in [2.05, 4.69) is 9.97 Å². The first-order valence-corrected chi connectivity index (χ1v) is 6.54. The molecule has 0 aliphatic heterocycles. The summed E-state index contributed by atoms with van der Waals surface area (Å²) in [6, 6.07) is 0. The third kappa shape index (κ3) is 3.35. The topological polar surface area (TPSA) is 61.3 Å². The van der Waals surface area contributed by atoms with E-state index < -0.39 is 11.6 Å². The molecule has 0 saturated heterocycles. The molecule has 1 fully saturated rings. The maximum atomic E-state index is 12.1. The molecular formula is C13H17ClN2O3. The Balaban J connectivity index is 2.38. The summed E-state index contributed by atoms with van der Waals surface area (Å²) in [5.74, 6) is 0.507. The van der Waals surface area contributed by atoms with E-state index in [1.807, 2.05) is 0 Å². The SMILES string of the molecule is COc1c(Cl)nc(C2CC2)nc1C(=O)OC(C)(C)C. The van der Waals surface area contributed by atoms with Gasteiger partial charge in [-0.25, -0.2) is 14.8 Å². The maximum absolute atomic E-state index is 12.1. The van der Waals surface area contributed by atoms with Gasteiger partial charge in [0.2, 0.25) is 0 Å². The molecule has 0 N–H and O–H groups in total. The summed E-state index contributed by atoms with van der Waals surface area (Å²) < 4.78 is 10.4. The number of ether oxygens (including phenoxy) is 2.